The summed E-state index contributed by atoms with van der Waals surface area (Å²) in [6, 6.07) is 3.39. The van der Waals surface area contributed by atoms with Crippen LogP contribution in [0.25, 0.3) is 0 Å². The van der Waals surface area contributed by atoms with Gasteiger partial charge in [0.25, 0.3) is 5.91 Å². The fourth-order valence-electron chi connectivity index (χ4n) is 1.41. The highest BCUT2D eigenvalue weighted by atomic mass is 127. The average molecular weight is 380 g/mol. The Morgan fingerprint density at radius 2 is 2.28 bits per heavy atom. The predicted molar refractivity (Wildman–Crippen MR) is 82.5 cm³/mol. The molecule has 1 N–H and O–H groups in total. The summed E-state index contributed by atoms with van der Waals surface area (Å²) in [5.41, 5.74) is 0.461. The first kappa shape index (κ1) is 15.3. The van der Waals surface area contributed by atoms with E-state index in [1.165, 1.54) is 7.11 Å². The van der Waals surface area contributed by atoms with E-state index in [4.69, 9.17) is 16.3 Å². The Bertz CT molecular complexity index is 461. The SMILES string of the molecule is C/C=C/CCNC(=O)c1cc(Cl)c(I)cc1OC. The summed E-state index contributed by atoms with van der Waals surface area (Å²) in [5, 5.41) is 3.37. The van der Waals surface area contributed by atoms with Crippen LogP contribution in [0.15, 0.2) is 24.3 Å². The molecule has 18 heavy (non-hydrogen) atoms. The van der Waals surface area contributed by atoms with E-state index in [-0.39, 0.29) is 5.91 Å². The highest BCUT2D eigenvalue weighted by molar-refractivity contribution is 14.1. The van der Waals surface area contributed by atoms with Gasteiger partial charge in [0, 0.05) is 10.1 Å². The quantitative estimate of drug-likeness (QED) is 0.482. The van der Waals surface area contributed by atoms with Gasteiger partial charge in [-0.1, -0.05) is 23.8 Å². The van der Waals surface area contributed by atoms with Crippen molar-refractivity contribution >= 4 is 40.1 Å². The van der Waals surface area contributed by atoms with Gasteiger partial charge in [0.2, 0.25) is 0 Å². The third-order valence-corrected chi connectivity index (χ3v) is 3.84. The molecule has 5 heteroatoms. The number of hydrogen-bond donors (Lipinski definition) is 1. The molecule has 0 unspecified atom stereocenters. The Kier molecular flexibility index (Phi) is 6.49. The first-order valence-electron chi connectivity index (χ1n) is 5.52. The van der Waals surface area contributed by atoms with Crippen LogP contribution in [0.3, 0.4) is 0 Å². The second-order valence-electron chi connectivity index (χ2n) is 3.58. The Balaban J connectivity index is 2.81. The maximum absolute atomic E-state index is 12.0. The molecule has 0 fully saturated rings. The second-order valence-corrected chi connectivity index (χ2v) is 5.15. The van der Waals surface area contributed by atoms with Gasteiger partial charge in [-0.05, 0) is 48.1 Å². The number of allylic oxidation sites excluding steroid dienone is 1. The van der Waals surface area contributed by atoms with Gasteiger partial charge >= 0.3 is 0 Å². The van der Waals surface area contributed by atoms with Crippen LogP contribution in [-0.4, -0.2) is 19.6 Å². The standard InChI is InChI=1S/C13H15ClINO2/c1-3-4-5-6-16-13(17)9-7-10(14)11(15)8-12(9)18-2/h3-4,7-8H,5-6H2,1-2H3,(H,16,17)/b4-3+. The van der Waals surface area contributed by atoms with Crippen molar-refractivity contribution in [2.24, 2.45) is 0 Å². The molecule has 1 aromatic rings. The maximum Gasteiger partial charge on any atom is 0.255 e. The zero-order valence-corrected chi connectivity index (χ0v) is 13.2. The molecular weight excluding hydrogens is 365 g/mol. The normalized spacial score (nSPS) is 10.7. The van der Waals surface area contributed by atoms with Crippen LogP contribution in [0.4, 0.5) is 0 Å². The minimum absolute atomic E-state index is 0.172. The van der Waals surface area contributed by atoms with Crippen molar-refractivity contribution in [1.82, 2.24) is 5.32 Å². The van der Waals surface area contributed by atoms with Crippen molar-refractivity contribution in [3.8, 4) is 5.75 Å². The molecule has 1 amide bonds. The fourth-order valence-corrected chi connectivity index (χ4v) is 2.01. The molecule has 0 atom stereocenters. The Labute approximate surface area is 126 Å². The van der Waals surface area contributed by atoms with Crippen molar-refractivity contribution in [2.45, 2.75) is 13.3 Å². The van der Waals surface area contributed by atoms with Gasteiger partial charge in [0.1, 0.15) is 5.75 Å². The molecule has 98 valence electrons. The summed E-state index contributed by atoms with van der Waals surface area (Å²) in [5.74, 6) is 0.363. The van der Waals surface area contributed by atoms with Crippen molar-refractivity contribution in [2.75, 3.05) is 13.7 Å². The number of nitrogens with one attached hydrogen (secondary N) is 1. The molecule has 0 spiro atoms. The van der Waals surface area contributed by atoms with Crippen molar-refractivity contribution < 1.29 is 9.53 Å². The van der Waals surface area contributed by atoms with E-state index in [0.29, 0.717) is 22.9 Å². The van der Waals surface area contributed by atoms with E-state index in [0.717, 1.165) is 9.99 Å². The zero-order chi connectivity index (χ0) is 13.5. The zero-order valence-electron chi connectivity index (χ0n) is 10.3. The largest absolute Gasteiger partial charge is 0.496 e. The van der Waals surface area contributed by atoms with E-state index in [2.05, 4.69) is 27.9 Å². The summed E-state index contributed by atoms with van der Waals surface area (Å²) in [7, 11) is 1.54. The number of ether oxygens (including phenoxy) is 1. The van der Waals surface area contributed by atoms with Crippen LogP contribution in [-0.2, 0) is 0 Å². The van der Waals surface area contributed by atoms with E-state index in [1.807, 2.05) is 19.1 Å². The van der Waals surface area contributed by atoms with Crippen LogP contribution < -0.4 is 10.1 Å². The molecule has 1 aromatic carbocycles. The topological polar surface area (TPSA) is 38.3 Å². The van der Waals surface area contributed by atoms with Crippen molar-refractivity contribution in [1.29, 1.82) is 0 Å². The Hall–Kier alpha value is -0.750. The number of carbonyl (C=O) groups excluding carboxylic acids is 1. The molecule has 0 bridgehead atoms. The lowest BCUT2D eigenvalue weighted by atomic mass is 10.2. The second kappa shape index (κ2) is 7.63. The number of hydrogen-bond acceptors (Lipinski definition) is 2. The van der Waals surface area contributed by atoms with Crippen LogP contribution in [0.5, 0.6) is 5.75 Å². The van der Waals surface area contributed by atoms with Gasteiger partial charge in [0.15, 0.2) is 0 Å². The predicted octanol–water partition coefficient (Wildman–Crippen LogP) is 3.65. The lowest BCUT2D eigenvalue weighted by Crippen LogP contribution is -2.24. The molecule has 1 rings (SSSR count). The van der Waals surface area contributed by atoms with Gasteiger partial charge in [-0.3, -0.25) is 4.79 Å². The number of halogens is 2. The van der Waals surface area contributed by atoms with Crippen LogP contribution in [0.2, 0.25) is 5.02 Å². The number of rotatable bonds is 5. The smallest absolute Gasteiger partial charge is 0.255 e. The van der Waals surface area contributed by atoms with Gasteiger partial charge in [-0.25, -0.2) is 0 Å². The van der Waals surface area contributed by atoms with Crippen molar-refractivity contribution in [3.05, 3.63) is 38.4 Å². The summed E-state index contributed by atoms with van der Waals surface area (Å²) in [4.78, 5) is 12.0. The monoisotopic (exact) mass is 379 g/mol. The molecule has 0 aliphatic rings. The number of amides is 1. The minimum Gasteiger partial charge on any atom is -0.496 e. The third-order valence-electron chi connectivity index (χ3n) is 2.32. The van der Waals surface area contributed by atoms with Gasteiger partial charge in [-0.15, -0.1) is 0 Å². The first-order valence-corrected chi connectivity index (χ1v) is 6.98. The fraction of sp³-hybridized carbons (Fsp3) is 0.308. The lowest BCUT2D eigenvalue weighted by Gasteiger charge is -2.10. The first-order chi connectivity index (χ1) is 8.60. The molecule has 0 aromatic heterocycles. The molecule has 0 aliphatic carbocycles. The molecule has 0 saturated heterocycles. The highest BCUT2D eigenvalue weighted by Gasteiger charge is 2.14. The molecule has 0 heterocycles. The third kappa shape index (κ3) is 4.17. The summed E-state index contributed by atoms with van der Waals surface area (Å²) >= 11 is 8.12. The molecular formula is C13H15ClINO2. The average Bonchev–Trinajstić information content (AvgIpc) is 2.37. The molecule has 0 radical (unpaired) electrons. The maximum atomic E-state index is 12.0. The summed E-state index contributed by atoms with van der Waals surface area (Å²) in [6.07, 6.45) is 4.76. The lowest BCUT2D eigenvalue weighted by molar-refractivity contribution is 0.0951. The molecule has 3 nitrogen and oxygen atoms in total. The van der Waals surface area contributed by atoms with Crippen LogP contribution >= 0.6 is 34.2 Å². The molecule has 0 aliphatic heterocycles. The minimum atomic E-state index is -0.172. The van der Waals surface area contributed by atoms with Gasteiger partial charge in [0.05, 0.1) is 17.7 Å². The summed E-state index contributed by atoms with van der Waals surface area (Å²) < 4.78 is 6.05. The van der Waals surface area contributed by atoms with Crippen molar-refractivity contribution in [3.63, 3.8) is 0 Å². The Morgan fingerprint density at radius 1 is 1.56 bits per heavy atom. The van der Waals surface area contributed by atoms with E-state index < -0.39 is 0 Å². The number of methoxy groups -OCH3 is 1. The number of benzene rings is 1. The Morgan fingerprint density at radius 3 is 2.89 bits per heavy atom. The van der Waals surface area contributed by atoms with Crippen LogP contribution in [0.1, 0.15) is 23.7 Å². The van der Waals surface area contributed by atoms with E-state index in [9.17, 15) is 4.79 Å². The van der Waals surface area contributed by atoms with E-state index in [1.54, 1.807) is 12.1 Å². The van der Waals surface area contributed by atoms with Gasteiger partial charge in [-0.2, -0.15) is 0 Å². The number of carbonyl (C=O) groups is 1. The summed E-state index contributed by atoms with van der Waals surface area (Å²) in [6.45, 7) is 2.54. The van der Waals surface area contributed by atoms with Gasteiger partial charge < -0.3 is 10.1 Å². The van der Waals surface area contributed by atoms with Crippen LogP contribution in [0, 0.1) is 3.57 Å². The van der Waals surface area contributed by atoms with E-state index >= 15 is 0 Å². The highest BCUT2D eigenvalue weighted by Crippen LogP contribution is 2.28. The molecule has 0 saturated carbocycles.